The van der Waals surface area contributed by atoms with Crippen LogP contribution < -0.4 is 16.4 Å². The average Bonchev–Trinajstić information content (AvgIpc) is 2.25. The zero-order valence-corrected chi connectivity index (χ0v) is 9.01. The van der Waals surface area contributed by atoms with Gasteiger partial charge in [0.1, 0.15) is 5.82 Å². The van der Waals surface area contributed by atoms with E-state index < -0.39 is 0 Å². The number of hydrogen-bond donors (Lipinski definition) is 3. The zero-order valence-electron chi connectivity index (χ0n) is 9.01. The fraction of sp³-hybridized carbons (Fsp3) is 0.600. The standard InChI is InChI=1S/C10H17N5/c1-2-4-13-9-7-6-12-5-3-8(7)14-10(11)15-9/h12H,2-6H2,1H3,(H3,11,13,14,15). The second-order valence-corrected chi connectivity index (χ2v) is 3.71. The third-order valence-corrected chi connectivity index (χ3v) is 2.49. The maximum Gasteiger partial charge on any atom is 0.222 e. The van der Waals surface area contributed by atoms with Gasteiger partial charge in [-0.05, 0) is 6.42 Å². The van der Waals surface area contributed by atoms with E-state index in [9.17, 15) is 0 Å². The van der Waals surface area contributed by atoms with Crippen LogP contribution in [0.1, 0.15) is 24.6 Å². The molecule has 1 aliphatic rings. The van der Waals surface area contributed by atoms with Crippen molar-refractivity contribution in [3.63, 3.8) is 0 Å². The molecule has 1 aromatic rings. The van der Waals surface area contributed by atoms with Gasteiger partial charge in [-0.15, -0.1) is 0 Å². The lowest BCUT2D eigenvalue weighted by molar-refractivity contribution is 0.628. The van der Waals surface area contributed by atoms with Crippen LogP contribution in [-0.2, 0) is 13.0 Å². The summed E-state index contributed by atoms with van der Waals surface area (Å²) >= 11 is 0. The summed E-state index contributed by atoms with van der Waals surface area (Å²) in [6.45, 7) is 4.85. The highest BCUT2D eigenvalue weighted by atomic mass is 15.1. The van der Waals surface area contributed by atoms with Gasteiger partial charge in [0.2, 0.25) is 5.95 Å². The minimum absolute atomic E-state index is 0.370. The summed E-state index contributed by atoms with van der Waals surface area (Å²) in [6.07, 6.45) is 2.01. The second kappa shape index (κ2) is 4.44. The van der Waals surface area contributed by atoms with Crippen molar-refractivity contribution < 1.29 is 0 Å². The minimum Gasteiger partial charge on any atom is -0.370 e. The molecule has 0 unspecified atom stereocenters. The molecule has 1 aromatic heterocycles. The van der Waals surface area contributed by atoms with E-state index in [1.54, 1.807) is 0 Å². The van der Waals surface area contributed by atoms with E-state index in [1.165, 1.54) is 5.56 Å². The summed E-state index contributed by atoms with van der Waals surface area (Å²) in [5.41, 5.74) is 7.93. The molecule has 2 heterocycles. The van der Waals surface area contributed by atoms with Crippen molar-refractivity contribution in [2.75, 3.05) is 24.1 Å². The molecule has 0 fully saturated rings. The van der Waals surface area contributed by atoms with Crippen LogP contribution >= 0.6 is 0 Å². The summed E-state index contributed by atoms with van der Waals surface area (Å²) in [4.78, 5) is 8.51. The number of aromatic nitrogens is 2. The Morgan fingerprint density at radius 2 is 2.33 bits per heavy atom. The molecule has 0 spiro atoms. The van der Waals surface area contributed by atoms with E-state index >= 15 is 0 Å². The summed E-state index contributed by atoms with van der Waals surface area (Å²) < 4.78 is 0. The summed E-state index contributed by atoms with van der Waals surface area (Å²) in [7, 11) is 0. The third kappa shape index (κ3) is 2.18. The van der Waals surface area contributed by atoms with Crippen LogP contribution in [0.2, 0.25) is 0 Å². The fourth-order valence-corrected chi connectivity index (χ4v) is 1.75. The lowest BCUT2D eigenvalue weighted by atomic mass is 10.1. The van der Waals surface area contributed by atoms with E-state index in [4.69, 9.17) is 5.73 Å². The van der Waals surface area contributed by atoms with Crippen LogP contribution in [0.5, 0.6) is 0 Å². The van der Waals surface area contributed by atoms with Gasteiger partial charge in [-0.3, -0.25) is 0 Å². The van der Waals surface area contributed by atoms with E-state index in [0.29, 0.717) is 5.95 Å². The highest BCUT2D eigenvalue weighted by Crippen LogP contribution is 2.20. The number of fused-ring (bicyclic) bond motifs is 1. The predicted octanol–water partition coefficient (Wildman–Crippen LogP) is 0.526. The lowest BCUT2D eigenvalue weighted by Crippen LogP contribution is -2.27. The molecule has 0 atom stereocenters. The summed E-state index contributed by atoms with van der Waals surface area (Å²) in [6, 6.07) is 0. The van der Waals surface area contributed by atoms with Gasteiger partial charge in [-0.25, -0.2) is 4.98 Å². The molecule has 0 bridgehead atoms. The van der Waals surface area contributed by atoms with Crippen molar-refractivity contribution in [2.24, 2.45) is 0 Å². The molecule has 0 saturated heterocycles. The molecule has 4 N–H and O–H groups in total. The van der Waals surface area contributed by atoms with Gasteiger partial charge >= 0.3 is 0 Å². The predicted molar refractivity (Wildman–Crippen MR) is 60.6 cm³/mol. The van der Waals surface area contributed by atoms with Gasteiger partial charge in [-0.2, -0.15) is 4.98 Å². The van der Waals surface area contributed by atoms with E-state index in [0.717, 1.165) is 44.0 Å². The fourth-order valence-electron chi connectivity index (χ4n) is 1.75. The summed E-state index contributed by atoms with van der Waals surface area (Å²) in [5.74, 6) is 1.26. The van der Waals surface area contributed by atoms with Crippen molar-refractivity contribution >= 4 is 11.8 Å². The van der Waals surface area contributed by atoms with Crippen LogP contribution in [0.15, 0.2) is 0 Å². The van der Waals surface area contributed by atoms with Gasteiger partial charge in [-0.1, -0.05) is 6.92 Å². The number of hydrogen-bond acceptors (Lipinski definition) is 5. The number of anilines is 2. The van der Waals surface area contributed by atoms with Crippen LogP contribution in [-0.4, -0.2) is 23.1 Å². The molecule has 0 amide bonds. The topological polar surface area (TPSA) is 75.9 Å². The van der Waals surface area contributed by atoms with Crippen LogP contribution in [0, 0.1) is 0 Å². The summed E-state index contributed by atoms with van der Waals surface area (Å²) in [5, 5.41) is 6.61. The monoisotopic (exact) mass is 207 g/mol. The van der Waals surface area contributed by atoms with Crippen molar-refractivity contribution in [3.8, 4) is 0 Å². The van der Waals surface area contributed by atoms with Crippen molar-refractivity contribution in [1.29, 1.82) is 0 Å². The lowest BCUT2D eigenvalue weighted by Gasteiger charge is -2.19. The first-order valence-corrected chi connectivity index (χ1v) is 5.41. The Morgan fingerprint density at radius 3 is 3.13 bits per heavy atom. The molecular formula is C10H17N5. The molecule has 82 valence electrons. The Hall–Kier alpha value is -1.36. The Morgan fingerprint density at radius 1 is 1.47 bits per heavy atom. The maximum absolute atomic E-state index is 5.67. The molecule has 5 nitrogen and oxygen atoms in total. The van der Waals surface area contributed by atoms with E-state index in [-0.39, 0.29) is 0 Å². The minimum atomic E-state index is 0.370. The molecule has 1 aliphatic heterocycles. The Labute approximate surface area is 89.5 Å². The largest absolute Gasteiger partial charge is 0.370 e. The molecule has 0 aliphatic carbocycles. The number of nitrogens with one attached hydrogen (secondary N) is 2. The van der Waals surface area contributed by atoms with Crippen LogP contribution in [0.3, 0.4) is 0 Å². The SMILES string of the molecule is CCCNc1nc(N)nc2c1CNCC2. The number of rotatable bonds is 3. The van der Waals surface area contributed by atoms with E-state index in [2.05, 4.69) is 27.5 Å². The zero-order chi connectivity index (χ0) is 10.7. The van der Waals surface area contributed by atoms with Crippen LogP contribution in [0.4, 0.5) is 11.8 Å². The highest BCUT2D eigenvalue weighted by Gasteiger charge is 2.16. The Balaban J connectivity index is 2.30. The number of nitrogen functional groups attached to an aromatic ring is 1. The van der Waals surface area contributed by atoms with Gasteiger partial charge in [0.15, 0.2) is 0 Å². The van der Waals surface area contributed by atoms with Crippen LogP contribution in [0.25, 0.3) is 0 Å². The Bertz CT molecular complexity index is 350. The van der Waals surface area contributed by atoms with Crippen molar-refractivity contribution in [3.05, 3.63) is 11.3 Å². The van der Waals surface area contributed by atoms with Gasteiger partial charge in [0.05, 0.1) is 5.69 Å². The van der Waals surface area contributed by atoms with Gasteiger partial charge < -0.3 is 16.4 Å². The van der Waals surface area contributed by atoms with E-state index in [1.807, 2.05) is 0 Å². The first kappa shape index (κ1) is 10.2. The maximum atomic E-state index is 5.67. The third-order valence-electron chi connectivity index (χ3n) is 2.49. The molecular weight excluding hydrogens is 190 g/mol. The first-order valence-electron chi connectivity index (χ1n) is 5.41. The average molecular weight is 207 g/mol. The molecule has 15 heavy (non-hydrogen) atoms. The first-order chi connectivity index (χ1) is 7.31. The molecule has 0 saturated carbocycles. The molecule has 5 heteroatoms. The Kier molecular flexibility index (Phi) is 3.01. The second-order valence-electron chi connectivity index (χ2n) is 3.71. The molecule has 0 radical (unpaired) electrons. The quantitative estimate of drug-likeness (QED) is 0.674. The molecule has 0 aromatic carbocycles. The highest BCUT2D eigenvalue weighted by molar-refractivity contribution is 5.50. The van der Waals surface area contributed by atoms with Gasteiger partial charge in [0.25, 0.3) is 0 Å². The smallest absolute Gasteiger partial charge is 0.222 e. The normalized spacial score (nSPS) is 14.7. The van der Waals surface area contributed by atoms with Gasteiger partial charge in [0, 0.05) is 31.6 Å². The molecule has 2 rings (SSSR count). The number of nitrogens with two attached hydrogens (primary N) is 1. The van der Waals surface area contributed by atoms with Crippen molar-refractivity contribution in [2.45, 2.75) is 26.3 Å². The van der Waals surface area contributed by atoms with Crippen molar-refractivity contribution in [1.82, 2.24) is 15.3 Å². The number of nitrogens with zero attached hydrogens (tertiary/aromatic N) is 2.